The maximum atomic E-state index is 13.7. The van der Waals surface area contributed by atoms with Crippen molar-refractivity contribution in [2.45, 2.75) is 68.3 Å². The summed E-state index contributed by atoms with van der Waals surface area (Å²) in [4.78, 5) is 13.7. The quantitative estimate of drug-likeness (QED) is 0.135. The van der Waals surface area contributed by atoms with Gasteiger partial charge in [-0.05, 0) is 25.1 Å². The minimum atomic E-state index is -1.92. The lowest BCUT2D eigenvalue weighted by atomic mass is 9.99. The number of phenols is 3. The Bertz CT molecular complexity index is 1540. The zero-order valence-corrected chi connectivity index (χ0v) is 22.3. The fourth-order valence-electron chi connectivity index (χ4n) is 4.87. The Morgan fingerprint density at radius 2 is 1.51 bits per heavy atom. The van der Waals surface area contributed by atoms with Crippen LogP contribution in [0.3, 0.4) is 0 Å². The van der Waals surface area contributed by atoms with Gasteiger partial charge in [-0.3, -0.25) is 4.79 Å². The van der Waals surface area contributed by atoms with Crippen LogP contribution in [-0.2, 0) is 9.47 Å². The second kappa shape index (κ2) is 11.8. The molecule has 16 nitrogen and oxygen atoms in total. The lowest BCUT2D eigenvalue weighted by molar-refractivity contribution is -0.277. The highest BCUT2D eigenvalue weighted by Crippen LogP contribution is 2.40. The minimum absolute atomic E-state index is 0.0525. The molecule has 0 bridgehead atoms. The van der Waals surface area contributed by atoms with E-state index in [1.807, 2.05) is 0 Å². The molecule has 2 aliphatic heterocycles. The van der Waals surface area contributed by atoms with Crippen LogP contribution < -0.4 is 14.9 Å². The van der Waals surface area contributed by atoms with Crippen molar-refractivity contribution in [2.24, 2.45) is 0 Å². The summed E-state index contributed by atoms with van der Waals surface area (Å²) in [6.45, 7) is 0.640. The standard InChI is InChI=1S/C27H30O16/c1-8-17(32)21(36)25(26(38)39-8)40-10-5-13(31)16-14(6-10)41-23(9-2-3-11(29)12(30)4-9)24(19(16)34)43-27-22(37)20(35)18(33)15(7-28)42-27/h2-6,8,15,17-18,20-22,25-33,35-38H,7H2,1H3/t8-,15+,17-,18+,20-,21+,22+,25-,26-,27-/m1/s1. The topological polar surface area (TPSA) is 269 Å². The Morgan fingerprint density at radius 3 is 2.19 bits per heavy atom. The molecule has 10 N–H and O–H groups in total. The molecule has 3 heterocycles. The molecular formula is C27H30O16. The molecule has 234 valence electrons. The third kappa shape index (κ3) is 5.55. The summed E-state index contributed by atoms with van der Waals surface area (Å²) < 4.78 is 27.6. The number of aliphatic hydroxyl groups is 7. The smallest absolute Gasteiger partial charge is 0.239 e. The molecule has 0 radical (unpaired) electrons. The van der Waals surface area contributed by atoms with Crippen molar-refractivity contribution in [2.75, 3.05) is 6.61 Å². The van der Waals surface area contributed by atoms with Crippen molar-refractivity contribution in [1.29, 1.82) is 0 Å². The van der Waals surface area contributed by atoms with Crippen LogP contribution >= 0.6 is 0 Å². The Morgan fingerprint density at radius 1 is 0.791 bits per heavy atom. The highest BCUT2D eigenvalue weighted by atomic mass is 16.7. The third-order valence-electron chi connectivity index (χ3n) is 7.30. The number of rotatable bonds is 6. The van der Waals surface area contributed by atoms with Crippen LogP contribution in [0.5, 0.6) is 28.7 Å². The molecule has 2 saturated heterocycles. The zero-order valence-electron chi connectivity index (χ0n) is 22.3. The molecule has 0 saturated carbocycles. The van der Waals surface area contributed by atoms with E-state index in [1.54, 1.807) is 0 Å². The van der Waals surface area contributed by atoms with Crippen molar-refractivity contribution in [3.05, 3.63) is 40.6 Å². The van der Waals surface area contributed by atoms with Gasteiger partial charge in [0.25, 0.3) is 0 Å². The van der Waals surface area contributed by atoms with Gasteiger partial charge in [0, 0.05) is 17.7 Å². The fourth-order valence-corrected chi connectivity index (χ4v) is 4.87. The maximum absolute atomic E-state index is 13.7. The Labute approximate surface area is 241 Å². The first kappa shape index (κ1) is 30.7. The van der Waals surface area contributed by atoms with E-state index < -0.39 is 108 Å². The zero-order chi connectivity index (χ0) is 31.3. The van der Waals surface area contributed by atoms with Gasteiger partial charge in [0.2, 0.25) is 17.5 Å². The SMILES string of the molecule is C[C@H]1O[C@@H](O)[C@H](Oc2cc(O)c3c(=O)c(O[C@H]4O[C@@H](CO)[C@H](O)[C@@H](O)[C@@H]4O)c(-c4ccc(O)c(O)c4)oc3c2)[C@@H](O)[C@@H]1O. The molecule has 2 aromatic carbocycles. The molecule has 2 aliphatic rings. The summed E-state index contributed by atoms with van der Waals surface area (Å²) in [5.41, 5.74) is -1.43. The third-order valence-corrected chi connectivity index (χ3v) is 7.30. The largest absolute Gasteiger partial charge is 0.507 e. The van der Waals surface area contributed by atoms with Gasteiger partial charge < -0.3 is 74.4 Å². The van der Waals surface area contributed by atoms with Crippen molar-refractivity contribution in [3.63, 3.8) is 0 Å². The Hall–Kier alpha value is -3.71. The van der Waals surface area contributed by atoms with E-state index in [-0.39, 0.29) is 16.9 Å². The van der Waals surface area contributed by atoms with Crippen LogP contribution in [0.1, 0.15) is 6.92 Å². The first-order valence-electron chi connectivity index (χ1n) is 13.0. The average Bonchev–Trinajstić information content (AvgIpc) is 2.96. The lowest BCUT2D eigenvalue weighted by Crippen LogP contribution is -2.60. The van der Waals surface area contributed by atoms with Crippen LogP contribution in [0, 0.1) is 0 Å². The van der Waals surface area contributed by atoms with Crippen molar-refractivity contribution in [1.82, 2.24) is 0 Å². The summed E-state index contributed by atoms with van der Waals surface area (Å²) >= 11 is 0. The average molecular weight is 611 g/mol. The molecule has 2 fully saturated rings. The predicted octanol–water partition coefficient (Wildman–Crippen LogP) is -2.04. The molecule has 10 atom stereocenters. The summed E-state index contributed by atoms with van der Waals surface area (Å²) in [7, 11) is 0. The van der Waals surface area contributed by atoms with E-state index in [2.05, 4.69) is 0 Å². The van der Waals surface area contributed by atoms with Gasteiger partial charge in [0.05, 0.1) is 12.7 Å². The molecule has 0 spiro atoms. The van der Waals surface area contributed by atoms with Crippen molar-refractivity contribution >= 4 is 11.0 Å². The molecule has 0 unspecified atom stereocenters. The first-order valence-corrected chi connectivity index (χ1v) is 13.0. The van der Waals surface area contributed by atoms with E-state index in [1.165, 1.54) is 13.0 Å². The number of ether oxygens (including phenoxy) is 4. The molecule has 0 aliphatic carbocycles. The molecule has 5 rings (SSSR count). The van der Waals surface area contributed by atoms with Crippen LogP contribution in [0.2, 0.25) is 0 Å². The summed E-state index contributed by atoms with van der Waals surface area (Å²) in [5.74, 6) is -3.22. The minimum Gasteiger partial charge on any atom is -0.507 e. The van der Waals surface area contributed by atoms with Gasteiger partial charge in [-0.2, -0.15) is 0 Å². The van der Waals surface area contributed by atoms with Crippen LogP contribution in [0.4, 0.5) is 0 Å². The number of phenolic OH excluding ortho intramolecular Hbond substituents is 3. The van der Waals surface area contributed by atoms with Gasteiger partial charge in [-0.1, -0.05) is 0 Å². The molecule has 3 aromatic rings. The number of fused-ring (bicyclic) bond motifs is 1. The van der Waals surface area contributed by atoms with Crippen molar-refractivity contribution in [3.8, 4) is 40.1 Å². The summed E-state index contributed by atoms with van der Waals surface area (Å²) in [6, 6.07) is 5.37. The molecule has 16 heteroatoms. The van der Waals surface area contributed by atoms with E-state index >= 15 is 0 Å². The number of aromatic hydroxyl groups is 3. The van der Waals surface area contributed by atoms with E-state index in [4.69, 9.17) is 23.4 Å². The molecular weight excluding hydrogens is 580 g/mol. The highest BCUT2D eigenvalue weighted by Gasteiger charge is 2.46. The van der Waals surface area contributed by atoms with Gasteiger partial charge in [-0.15, -0.1) is 0 Å². The Kier molecular flexibility index (Phi) is 8.41. The monoisotopic (exact) mass is 610 g/mol. The van der Waals surface area contributed by atoms with E-state index in [0.29, 0.717) is 0 Å². The van der Waals surface area contributed by atoms with Crippen molar-refractivity contribution < 1.29 is 74.4 Å². The van der Waals surface area contributed by atoms with Crippen LogP contribution in [0.25, 0.3) is 22.3 Å². The Balaban J connectivity index is 1.62. The number of hydrogen-bond donors (Lipinski definition) is 10. The highest BCUT2D eigenvalue weighted by molar-refractivity contribution is 5.88. The molecule has 43 heavy (non-hydrogen) atoms. The van der Waals surface area contributed by atoms with Crippen LogP contribution in [-0.4, -0.2) is 119 Å². The van der Waals surface area contributed by atoms with Gasteiger partial charge in [0.1, 0.15) is 59.1 Å². The normalized spacial score (nSPS) is 32.9. The summed E-state index contributed by atoms with van der Waals surface area (Å²) in [6.07, 6.45) is -15.9. The molecule has 0 amide bonds. The second-order valence-corrected chi connectivity index (χ2v) is 10.2. The number of hydrogen-bond acceptors (Lipinski definition) is 16. The van der Waals surface area contributed by atoms with Gasteiger partial charge >= 0.3 is 0 Å². The first-order chi connectivity index (χ1) is 20.3. The van der Waals surface area contributed by atoms with Crippen LogP contribution in [0.15, 0.2) is 39.5 Å². The van der Waals surface area contributed by atoms with Gasteiger partial charge in [0.15, 0.2) is 29.7 Å². The van der Waals surface area contributed by atoms with Gasteiger partial charge in [-0.25, -0.2) is 0 Å². The lowest BCUT2D eigenvalue weighted by Gasteiger charge is -2.39. The fraction of sp³-hybridized carbons (Fsp3) is 0.444. The number of benzene rings is 2. The second-order valence-electron chi connectivity index (χ2n) is 10.2. The van der Waals surface area contributed by atoms with E-state index in [0.717, 1.165) is 24.3 Å². The maximum Gasteiger partial charge on any atom is 0.239 e. The summed E-state index contributed by atoms with van der Waals surface area (Å²) in [5, 5.41) is 101. The molecule has 1 aromatic heterocycles. The predicted molar refractivity (Wildman–Crippen MR) is 140 cm³/mol. The number of aliphatic hydroxyl groups excluding tert-OH is 7. The van der Waals surface area contributed by atoms with E-state index in [9.17, 15) is 55.9 Å².